The van der Waals surface area contributed by atoms with Crippen molar-refractivity contribution in [3.8, 4) is 0 Å². The predicted molar refractivity (Wildman–Crippen MR) is 82.4 cm³/mol. The van der Waals surface area contributed by atoms with Crippen LogP contribution in [0.3, 0.4) is 0 Å². The van der Waals surface area contributed by atoms with Gasteiger partial charge in [0, 0.05) is 5.02 Å². The summed E-state index contributed by atoms with van der Waals surface area (Å²) >= 11 is 5.92. The molecular weight excluding hydrogens is 288 g/mol. The Labute approximate surface area is 126 Å². The quantitative estimate of drug-likeness (QED) is 0.809. The Bertz CT molecular complexity index is 831. The summed E-state index contributed by atoms with van der Waals surface area (Å²) < 4.78 is 1.40. The van der Waals surface area contributed by atoms with Gasteiger partial charge in [0.15, 0.2) is 0 Å². The molecule has 0 bridgehead atoms. The van der Waals surface area contributed by atoms with Gasteiger partial charge in [0.1, 0.15) is 0 Å². The maximum Gasteiger partial charge on any atom is 0.261 e. The molecule has 0 unspecified atom stereocenters. The lowest BCUT2D eigenvalue weighted by atomic mass is 10.1. The number of aliphatic hydroxyl groups is 1. The number of aliphatic hydroxyl groups excluding tert-OH is 1. The van der Waals surface area contributed by atoms with Crippen molar-refractivity contribution in [2.24, 2.45) is 0 Å². The molecule has 21 heavy (non-hydrogen) atoms. The summed E-state index contributed by atoms with van der Waals surface area (Å²) in [5, 5.41) is 11.1. The standard InChI is InChI=1S/C16H13ClN2O2/c17-12-6-7-14-13(8-12)16(21)19(10-18-14)9-15(20)11-4-2-1-3-5-11/h1-8,10,15,20H,9H2/t15-/m0/s1. The lowest BCUT2D eigenvalue weighted by Crippen LogP contribution is -2.23. The lowest BCUT2D eigenvalue weighted by Gasteiger charge is -2.13. The molecule has 0 radical (unpaired) electrons. The van der Waals surface area contributed by atoms with Gasteiger partial charge >= 0.3 is 0 Å². The number of hydrogen-bond donors (Lipinski definition) is 1. The van der Waals surface area contributed by atoms with E-state index < -0.39 is 6.10 Å². The van der Waals surface area contributed by atoms with Crippen LogP contribution in [0.25, 0.3) is 10.9 Å². The average Bonchev–Trinajstić information content (AvgIpc) is 2.51. The van der Waals surface area contributed by atoms with E-state index in [1.54, 1.807) is 18.2 Å². The van der Waals surface area contributed by atoms with E-state index in [1.807, 2.05) is 30.3 Å². The van der Waals surface area contributed by atoms with Crippen LogP contribution in [0.2, 0.25) is 5.02 Å². The summed E-state index contributed by atoms with van der Waals surface area (Å²) in [4.78, 5) is 16.6. The Morgan fingerprint density at radius 1 is 1.19 bits per heavy atom. The van der Waals surface area contributed by atoms with Gasteiger partial charge in [0.2, 0.25) is 0 Å². The smallest absolute Gasteiger partial charge is 0.261 e. The van der Waals surface area contributed by atoms with Crippen molar-refractivity contribution in [2.75, 3.05) is 0 Å². The van der Waals surface area contributed by atoms with Crippen molar-refractivity contribution < 1.29 is 5.11 Å². The average molecular weight is 301 g/mol. The molecule has 1 atom stereocenters. The fraction of sp³-hybridized carbons (Fsp3) is 0.125. The third kappa shape index (κ3) is 2.82. The molecule has 3 aromatic rings. The molecule has 3 rings (SSSR count). The zero-order chi connectivity index (χ0) is 14.8. The third-order valence-corrected chi connectivity index (χ3v) is 3.58. The summed E-state index contributed by atoms with van der Waals surface area (Å²) in [5.74, 6) is 0. The van der Waals surface area contributed by atoms with Gasteiger partial charge in [0.25, 0.3) is 5.56 Å². The van der Waals surface area contributed by atoms with Crippen LogP contribution in [0.1, 0.15) is 11.7 Å². The zero-order valence-electron chi connectivity index (χ0n) is 11.1. The number of nitrogens with zero attached hydrogens (tertiary/aromatic N) is 2. The highest BCUT2D eigenvalue weighted by Gasteiger charge is 2.11. The third-order valence-electron chi connectivity index (χ3n) is 3.34. The van der Waals surface area contributed by atoms with Crippen molar-refractivity contribution >= 4 is 22.5 Å². The molecule has 5 heteroatoms. The Morgan fingerprint density at radius 3 is 2.71 bits per heavy atom. The van der Waals surface area contributed by atoms with Crippen molar-refractivity contribution in [3.63, 3.8) is 0 Å². The first-order valence-electron chi connectivity index (χ1n) is 6.53. The molecule has 0 spiro atoms. The fourth-order valence-electron chi connectivity index (χ4n) is 2.23. The Balaban J connectivity index is 1.98. The van der Waals surface area contributed by atoms with Crippen LogP contribution < -0.4 is 5.56 Å². The SMILES string of the molecule is O=c1c2cc(Cl)ccc2ncn1C[C@H](O)c1ccccc1. The van der Waals surface area contributed by atoms with Crippen LogP contribution in [-0.2, 0) is 6.54 Å². The van der Waals surface area contributed by atoms with Gasteiger partial charge in [-0.1, -0.05) is 41.9 Å². The molecule has 0 aliphatic heterocycles. The number of hydrogen-bond acceptors (Lipinski definition) is 3. The second-order valence-corrected chi connectivity index (χ2v) is 5.23. The van der Waals surface area contributed by atoms with Gasteiger partial charge in [0.05, 0.1) is 29.9 Å². The maximum atomic E-state index is 12.4. The molecule has 1 aromatic heterocycles. The first-order valence-corrected chi connectivity index (χ1v) is 6.90. The van der Waals surface area contributed by atoms with Gasteiger partial charge in [-0.25, -0.2) is 4.98 Å². The Kier molecular flexibility index (Phi) is 3.73. The summed E-state index contributed by atoms with van der Waals surface area (Å²) in [6, 6.07) is 14.2. The maximum absolute atomic E-state index is 12.4. The van der Waals surface area contributed by atoms with Gasteiger partial charge in [-0.05, 0) is 23.8 Å². The zero-order valence-corrected chi connectivity index (χ0v) is 11.9. The number of halogens is 1. The van der Waals surface area contributed by atoms with E-state index in [4.69, 9.17) is 11.6 Å². The van der Waals surface area contributed by atoms with E-state index in [1.165, 1.54) is 10.9 Å². The van der Waals surface area contributed by atoms with Crippen LogP contribution in [0.5, 0.6) is 0 Å². The number of benzene rings is 2. The van der Waals surface area contributed by atoms with Crippen LogP contribution >= 0.6 is 11.6 Å². The molecule has 0 fully saturated rings. The van der Waals surface area contributed by atoms with Gasteiger partial charge in [-0.2, -0.15) is 0 Å². The lowest BCUT2D eigenvalue weighted by molar-refractivity contribution is 0.155. The van der Waals surface area contributed by atoms with Gasteiger partial charge < -0.3 is 5.11 Å². The van der Waals surface area contributed by atoms with E-state index in [2.05, 4.69) is 4.98 Å². The van der Waals surface area contributed by atoms with E-state index in [0.717, 1.165) is 5.56 Å². The fourth-order valence-corrected chi connectivity index (χ4v) is 2.40. The number of aromatic nitrogens is 2. The summed E-state index contributed by atoms with van der Waals surface area (Å²) in [6.45, 7) is 0.151. The summed E-state index contributed by atoms with van der Waals surface area (Å²) in [7, 11) is 0. The second-order valence-electron chi connectivity index (χ2n) is 4.79. The van der Waals surface area contributed by atoms with E-state index in [-0.39, 0.29) is 12.1 Å². The molecule has 0 aliphatic rings. The minimum Gasteiger partial charge on any atom is -0.387 e. The van der Waals surface area contributed by atoms with Gasteiger partial charge in [-0.15, -0.1) is 0 Å². The second kappa shape index (κ2) is 5.68. The van der Waals surface area contributed by atoms with Gasteiger partial charge in [-0.3, -0.25) is 9.36 Å². The van der Waals surface area contributed by atoms with Crippen LogP contribution in [0.15, 0.2) is 59.7 Å². The van der Waals surface area contributed by atoms with Crippen LogP contribution in [0, 0.1) is 0 Å². The highest BCUT2D eigenvalue weighted by Crippen LogP contribution is 2.16. The van der Waals surface area contributed by atoms with Crippen molar-refractivity contribution in [2.45, 2.75) is 12.6 Å². The molecule has 1 heterocycles. The molecular formula is C16H13ClN2O2. The van der Waals surface area contributed by atoms with Crippen molar-refractivity contribution in [3.05, 3.63) is 75.8 Å². The molecule has 1 N–H and O–H groups in total. The monoisotopic (exact) mass is 300 g/mol. The molecule has 0 aliphatic carbocycles. The molecule has 2 aromatic carbocycles. The van der Waals surface area contributed by atoms with E-state index in [9.17, 15) is 9.90 Å². The molecule has 0 saturated carbocycles. The highest BCUT2D eigenvalue weighted by molar-refractivity contribution is 6.31. The molecule has 0 saturated heterocycles. The molecule has 106 valence electrons. The minimum atomic E-state index is -0.762. The van der Waals surface area contributed by atoms with Crippen LogP contribution in [-0.4, -0.2) is 14.7 Å². The highest BCUT2D eigenvalue weighted by atomic mass is 35.5. The largest absolute Gasteiger partial charge is 0.387 e. The first kappa shape index (κ1) is 13.8. The summed E-state index contributed by atoms with van der Waals surface area (Å²) in [5.41, 5.74) is 1.14. The number of rotatable bonds is 3. The Morgan fingerprint density at radius 2 is 1.95 bits per heavy atom. The molecule has 0 amide bonds. The summed E-state index contributed by atoms with van der Waals surface area (Å²) in [6.07, 6.45) is 0.687. The van der Waals surface area contributed by atoms with Crippen molar-refractivity contribution in [1.82, 2.24) is 9.55 Å². The van der Waals surface area contributed by atoms with E-state index >= 15 is 0 Å². The molecule has 4 nitrogen and oxygen atoms in total. The normalized spacial score (nSPS) is 12.5. The van der Waals surface area contributed by atoms with Crippen molar-refractivity contribution in [1.29, 1.82) is 0 Å². The predicted octanol–water partition coefficient (Wildman–Crippen LogP) is 2.78. The van der Waals surface area contributed by atoms with E-state index in [0.29, 0.717) is 15.9 Å². The first-order chi connectivity index (χ1) is 10.1. The number of fused-ring (bicyclic) bond motifs is 1. The van der Waals surface area contributed by atoms with Crippen LogP contribution in [0.4, 0.5) is 0 Å². The Hall–Kier alpha value is -2.17. The minimum absolute atomic E-state index is 0.151. The topological polar surface area (TPSA) is 55.1 Å².